The van der Waals surface area contributed by atoms with Crippen LogP contribution in [-0.2, 0) is 10.0 Å². The van der Waals surface area contributed by atoms with Crippen molar-refractivity contribution in [1.29, 1.82) is 0 Å². The van der Waals surface area contributed by atoms with Gasteiger partial charge in [0.1, 0.15) is 0 Å². The highest BCUT2D eigenvalue weighted by molar-refractivity contribution is 7.89. The van der Waals surface area contributed by atoms with Crippen molar-refractivity contribution in [3.8, 4) is 0 Å². The third-order valence-electron chi connectivity index (χ3n) is 7.60. The Kier molecular flexibility index (Phi) is 4.16. The number of non-ortho nitro benzene ring substituents is 1. The van der Waals surface area contributed by atoms with Crippen LogP contribution in [0.2, 0.25) is 0 Å². The van der Waals surface area contributed by atoms with Crippen molar-refractivity contribution in [1.82, 2.24) is 0 Å². The van der Waals surface area contributed by atoms with E-state index in [1.165, 1.54) is 0 Å². The molecule has 2 aliphatic carbocycles. The Morgan fingerprint density at radius 1 is 1.00 bits per heavy atom. The molecule has 0 amide bonds. The summed E-state index contributed by atoms with van der Waals surface area (Å²) in [6.45, 7) is 0.872. The van der Waals surface area contributed by atoms with Gasteiger partial charge in [0, 0.05) is 36.2 Å². The summed E-state index contributed by atoms with van der Waals surface area (Å²) in [7, 11) is -3.83. The van der Waals surface area contributed by atoms with Crippen LogP contribution in [0.25, 0.3) is 0 Å². The van der Waals surface area contributed by atoms with Gasteiger partial charge in [-0.15, -0.1) is 0 Å². The number of hydrogen-bond donors (Lipinski definition) is 1. The summed E-state index contributed by atoms with van der Waals surface area (Å²) >= 11 is 0. The Balaban J connectivity index is 1.57. The Morgan fingerprint density at radius 2 is 1.66 bits per heavy atom. The smallest absolute Gasteiger partial charge is 0.269 e. The van der Waals surface area contributed by atoms with Crippen LogP contribution in [0, 0.1) is 22.0 Å². The maximum absolute atomic E-state index is 12.3. The van der Waals surface area contributed by atoms with E-state index in [4.69, 9.17) is 5.14 Å². The summed E-state index contributed by atoms with van der Waals surface area (Å²) in [5.41, 5.74) is 4.32. The number of nitro groups is 1. The topological polar surface area (TPSA) is 107 Å². The zero-order valence-electron chi connectivity index (χ0n) is 17.3. The lowest BCUT2D eigenvalue weighted by atomic mass is 9.70. The molecule has 0 fully saturated rings. The summed E-state index contributed by atoms with van der Waals surface area (Å²) in [6, 6.07) is 10.5. The second-order valence-corrected chi connectivity index (χ2v) is 10.8. The molecular weight excluding hydrogens is 426 g/mol. The van der Waals surface area contributed by atoms with E-state index in [9.17, 15) is 18.5 Å². The predicted octanol–water partition coefficient (Wildman–Crippen LogP) is 4.14. The summed E-state index contributed by atoms with van der Waals surface area (Å²) < 4.78 is 24.6. The molecule has 4 aliphatic rings. The molecule has 0 saturated heterocycles. The number of sulfonamides is 1. The number of nitrogens with zero attached hydrogens (tertiary/aromatic N) is 2. The molecule has 164 valence electrons. The van der Waals surface area contributed by atoms with Crippen LogP contribution in [0.4, 0.5) is 11.4 Å². The van der Waals surface area contributed by atoms with Gasteiger partial charge in [-0.1, -0.05) is 36.4 Å². The molecule has 0 aromatic heterocycles. The number of nitrogens with two attached hydrogens (primary N) is 1. The van der Waals surface area contributed by atoms with Crippen LogP contribution in [0.1, 0.15) is 47.4 Å². The maximum atomic E-state index is 12.3. The van der Waals surface area contributed by atoms with E-state index >= 15 is 0 Å². The van der Waals surface area contributed by atoms with Crippen molar-refractivity contribution in [2.24, 2.45) is 17.0 Å². The number of rotatable bonds is 3. The molecule has 2 N–H and O–H groups in total. The summed E-state index contributed by atoms with van der Waals surface area (Å²) in [6.07, 6.45) is 10.6. The molecule has 0 unspecified atom stereocenters. The van der Waals surface area contributed by atoms with Crippen molar-refractivity contribution >= 4 is 21.4 Å². The minimum absolute atomic E-state index is 0.0731. The molecule has 5 atom stereocenters. The fourth-order valence-electron chi connectivity index (χ4n) is 6.28. The Morgan fingerprint density at radius 3 is 2.34 bits per heavy atom. The molecule has 2 aromatic rings. The van der Waals surface area contributed by atoms with Crippen molar-refractivity contribution in [2.45, 2.75) is 35.6 Å². The highest BCUT2D eigenvalue weighted by atomic mass is 32.2. The Hall–Kier alpha value is -2.97. The molecule has 8 heteroatoms. The SMILES string of the molecule is NS(=O)(=O)c1cc2c3c(c1)[C@H]1C=CC[C@@H]1[C@@H](c1ccc([N+](=O)[O-])cc1)N3C[C@H]1CC=C[C@H]21. The van der Waals surface area contributed by atoms with Crippen molar-refractivity contribution in [3.05, 3.63) is 87.5 Å². The van der Waals surface area contributed by atoms with Gasteiger partial charge in [0.05, 0.1) is 15.9 Å². The standard InChI is InChI=1S/C24H23N3O4S/c25-32(30,31)17-11-21-18-4-1-3-15(18)13-26-23(14-7-9-16(10-8-14)27(28)29)20-6-2-5-19(20)22(12-17)24(21)26/h1-2,4-5,7-12,15,18-20,23H,3,6,13H2,(H2,25,30,31)/t15-,18+,19+,20+,23-/m1/s1. The summed E-state index contributed by atoms with van der Waals surface area (Å²) in [5.74, 6) is 0.876. The lowest BCUT2D eigenvalue weighted by Gasteiger charge is -2.51. The van der Waals surface area contributed by atoms with Gasteiger partial charge in [-0.3, -0.25) is 10.1 Å². The molecule has 2 aromatic carbocycles. The quantitative estimate of drug-likeness (QED) is 0.431. The minimum Gasteiger partial charge on any atom is -0.363 e. The number of fused-ring (bicyclic) bond motifs is 4. The molecule has 0 bridgehead atoms. The van der Waals surface area contributed by atoms with E-state index in [2.05, 4.69) is 29.2 Å². The monoisotopic (exact) mass is 449 g/mol. The van der Waals surface area contributed by atoms with Crippen molar-refractivity contribution in [2.75, 3.05) is 11.4 Å². The van der Waals surface area contributed by atoms with Crippen molar-refractivity contribution < 1.29 is 13.3 Å². The molecule has 6 rings (SSSR count). The van der Waals surface area contributed by atoms with E-state index in [-0.39, 0.29) is 39.3 Å². The van der Waals surface area contributed by atoms with Crippen LogP contribution in [0.15, 0.2) is 65.6 Å². The molecule has 2 heterocycles. The van der Waals surface area contributed by atoms with Gasteiger partial charge in [0.15, 0.2) is 0 Å². The first-order valence-corrected chi connectivity index (χ1v) is 12.4. The first-order valence-electron chi connectivity index (χ1n) is 10.9. The fraction of sp³-hybridized carbons (Fsp3) is 0.333. The molecule has 2 aliphatic heterocycles. The maximum Gasteiger partial charge on any atom is 0.269 e. The van der Waals surface area contributed by atoms with Crippen LogP contribution in [-0.4, -0.2) is 19.9 Å². The Bertz CT molecular complexity index is 1280. The third-order valence-corrected chi connectivity index (χ3v) is 8.49. The summed E-state index contributed by atoms with van der Waals surface area (Å²) in [5, 5.41) is 16.7. The van der Waals surface area contributed by atoms with Crippen LogP contribution in [0.5, 0.6) is 0 Å². The third kappa shape index (κ3) is 2.79. The van der Waals surface area contributed by atoms with Gasteiger partial charge < -0.3 is 4.90 Å². The zero-order chi connectivity index (χ0) is 22.2. The van der Waals surface area contributed by atoms with E-state index in [1.54, 1.807) is 24.3 Å². The molecule has 0 spiro atoms. The van der Waals surface area contributed by atoms with Crippen LogP contribution >= 0.6 is 0 Å². The van der Waals surface area contributed by atoms with E-state index in [0.717, 1.165) is 41.8 Å². The lowest BCUT2D eigenvalue weighted by Crippen LogP contribution is -2.46. The lowest BCUT2D eigenvalue weighted by molar-refractivity contribution is -0.384. The highest BCUT2D eigenvalue weighted by Crippen LogP contribution is 2.59. The number of allylic oxidation sites excluding steroid dienone is 4. The van der Waals surface area contributed by atoms with Gasteiger partial charge in [-0.05, 0) is 53.5 Å². The second-order valence-electron chi connectivity index (χ2n) is 9.24. The average Bonchev–Trinajstić information content (AvgIpc) is 3.43. The van der Waals surface area contributed by atoms with Crippen LogP contribution in [0.3, 0.4) is 0 Å². The normalized spacial score (nSPS) is 29.5. The first kappa shape index (κ1) is 19.7. The molecular formula is C24H23N3O4S. The Labute approximate surface area is 186 Å². The van der Waals surface area contributed by atoms with Gasteiger partial charge in [-0.2, -0.15) is 0 Å². The largest absolute Gasteiger partial charge is 0.363 e. The summed E-state index contributed by atoms with van der Waals surface area (Å²) in [4.78, 5) is 13.4. The van der Waals surface area contributed by atoms with Crippen molar-refractivity contribution in [3.63, 3.8) is 0 Å². The van der Waals surface area contributed by atoms with Gasteiger partial charge in [-0.25, -0.2) is 13.6 Å². The fourth-order valence-corrected chi connectivity index (χ4v) is 6.87. The predicted molar refractivity (Wildman–Crippen MR) is 121 cm³/mol. The highest BCUT2D eigenvalue weighted by Gasteiger charge is 2.48. The van der Waals surface area contributed by atoms with Gasteiger partial charge in [0.2, 0.25) is 10.0 Å². The number of nitro benzene ring substituents is 1. The molecule has 32 heavy (non-hydrogen) atoms. The van der Waals surface area contributed by atoms with Gasteiger partial charge >= 0.3 is 0 Å². The van der Waals surface area contributed by atoms with E-state index in [0.29, 0.717) is 5.92 Å². The molecule has 7 nitrogen and oxygen atoms in total. The zero-order valence-corrected chi connectivity index (χ0v) is 18.1. The first-order chi connectivity index (χ1) is 15.3. The second kappa shape index (κ2) is 6.76. The van der Waals surface area contributed by atoms with E-state index < -0.39 is 10.0 Å². The molecule has 0 saturated carbocycles. The number of anilines is 1. The average molecular weight is 450 g/mol. The van der Waals surface area contributed by atoms with E-state index in [1.807, 2.05) is 12.1 Å². The number of benzene rings is 2. The number of hydrogen-bond acceptors (Lipinski definition) is 5. The molecule has 0 radical (unpaired) electrons. The van der Waals surface area contributed by atoms with Crippen LogP contribution < -0.4 is 10.0 Å². The number of primary sulfonamides is 1. The van der Waals surface area contributed by atoms with Gasteiger partial charge in [0.25, 0.3) is 5.69 Å². The minimum atomic E-state index is -3.83.